The van der Waals surface area contributed by atoms with Gasteiger partial charge in [0.15, 0.2) is 5.69 Å². The van der Waals surface area contributed by atoms with E-state index in [4.69, 9.17) is 9.72 Å². The molecule has 1 fully saturated rings. The topological polar surface area (TPSA) is 63.5 Å². The van der Waals surface area contributed by atoms with Gasteiger partial charge in [-0.2, -0.15) is 18.3 Å². The lowest BCUT2D eigenvalue weighted by molar-refractivity contribution is -0.137. The first kappa shape index (κ1) is 29.1. The molecule has 4 aromatic rings. The van der Waals surface area contributed by atoms with Crippen molar-refractivity contribution >= 4 is 28.1 Å². The van der Waals surface area contributed by atoms with Crippen molar-refractivity contribution in [3.8, 4) is 22.1 Å². The second-order valence-electron chi connectivity index (χ2n) is 11.1. The molecule has 0 N–H and O–H groups in total. The summed E-state index contributed by atoms with van der Waals surface area (Å²) in [5, 5.41) is 5.30. The SMILES string of the molecule is COc1cccc(-c2nc(-n3nc(C(=O)N4CCC(CN(C)C)CC4)c4cc(C(F)(F)F)ccc43)sc2C(C)C)c1. The molecular formula is C30H34F3N5O2S. The molecular weight excluding hydrogens is 551 g/mol. The van der Waals surface area contributed by atoms with Crippen LogP contribution in [0.1, 0.15) is 53.5 Å². The molecule has 0 atom stereocenters. The summed E-state index contributed by atoms with van der Waals surface area (Å²) in [5.74, 6) is 0.939. The number of aromatic nitrogens is 3. The van der Waals surface area contributed by atoms with Gasteiger partial charge < -0.3 is 14.5 Å². The zero-order valence-corrected chi connectivity index (χ0v) is 24.6. The van der Waals surface area contributed by atoms with E-state index in [9.17, 15) is 18.0 Å². The Morgan fingerprint density at radius 3 is 2.51 bits per heavy atom. The number of benzene rings is 2. The number of halogens is 3. The number of carbonyl (C=O) groups is 1. The van der Waals surface area contributed by atoms with Gasteiger partial charge in [0.2, 0.25) is 5.13 Å². The van der Waals surface area contributed by atoms with Crippen LogP contribution in [-0.4, -0.2) is 71.3 Å². The third kappa shape index (κ3) is 5.97. The molecule has 0 radical (unpaired) electrons. The molecule has 1 saturated heterocycles. The smallest absolute Gasteiger partial charge is 0.416 e. The van der Waals surface area contributed by atoms with Gasteiger partial charge in [0.25, 0.3) is 5.91 Å². The van der Waals surface area contributed by atoms with E-state index >= 15 is 0 Å². The van der Waals surface area contributed by atoms with Gasteiger partial charge in [-0.25, -0.2) is 9.67 Å². The Kier molecular flexibility index (Phi) is 8.11. The number of alkyl halides is 3. The van der Waals surface area contributed by atoms with Crippen LogP contribution in [0.3, 0.4) is 0 Å². The number of rotatable bonds is 7. The number of amides is 1. The maximum absolute atomic E-state index is 13.7. The van der Waals surface area contributed by atoms with Gasteiger partial charge in [0.1, 0.15) is 5.75 Å². The molecule has 41 heavy (non-hydrogen) atoms. The van der Waals surface area contributed by atoms with Crippen LogP contribution in [0.2, 0.25) is 0 Å². The largest absolute Gasteiger partial charge is 0.497 e. The number of carbonyl (C=O) groups excluding carboxylic acids is 1. The summed E-state index contributed by atoms with van der Waals surface area (Å²) in [7, 11) is 5.65. The molecule has 5 rings (SSSR count). The molecule has 1 aliphatic rings. The fraction of sp³-hybridized carbons (Fsp3) is 0.433. The molecule has 1 amide bonds. The molecule has 11 heteroatoms. The van der Waals surface area contributed by atoms with Crippen molar-refractivity contribution in [1.29, 1.82) is 0 Å². The van der Waals surface area contributed by atoms with Gasteiger partial charge in [-0.1, -0.05) is 37.3 Å². The molecule has 7 nitrogen and oxygen atoms in total. The number of hydrogen-bond donors (Lipinski definition) is 0. The Bertz CT molecular complexity index is 1550. The minimum absolute atomic E-state index is 0.0152. The number of ether oxygens (including phenoxy) is 1. The fourth-order valence-electron chi connectivity index (χ4n) is 5.36. The number of hydrogen-bond acceptors (Lipinski definition) is 6. The summed E-state index contributed by atoms with van der Waals surface area (Å²) < 4.78 is 48.1. The lowest BCUT2D eigenvalue weighted by atomic mass is 9.96. The van der Waals surface area contributed by atoms with Crippen molar-refractivity contribution in [2.24, 2.45) is 5.92 Å². The summed E-state index contributed by atoms with van der Waals surface area (Å²) in [4.78, 5) is 23.5. The molecule has 2 aromatic heterocycles. The molecule has 0 aliphatic carbocycles. The van der Waals surface area contributed by atoms with Crippen molar-refractivity contribution in [2.45, 2.75) is 38.8 Å². The third-order valence-electron chi connectivity index (χ3n) is 7.43. The molecule has 1 aliphatic heterocycles. The van der Waals surface area contributed by atoms with Crippen molar-refractivity contribution in [3.63, 3.8) is 0 Å². The van der Waals surface area contributed by atoms with Crippen molar-refractivity contribution in [1.82, 2.24) is 24.6 Å². The Morgan fingerprint density at radius 1 is 1.15 bits per heavy atom. The average Bonchev–Trinajstić information content (AvgIpc) is 3.54. The van der Waals surface area contributed by atoms with Gasteiger partial charge in [0.05, 0.1) is 23.9 Å². The van der Waals surface area contributed by atoms with E-state index in [0.717, 1.165) is 47.7 Å². The quantitative estimate of drug-likeness (QED) is 0.241. The number of thiazole rings is 1. The van der Waals surface area contributed by atoms with Crippen LogP contribution >= 0.6 is 11.3 Å². The van der Waals surface area contributed by atoms with Crippen molar-refractivity contribution in [2.75, 3.05) is 40.8 Å². The summed E-state index contributed by atoms with van der Waals surface area (Å²) in [6, 6.07) is 11.0. The van der Waals surface area contributed by atoms with E-state index in [-0.39, 0.29) is 22.9 Å². The molecule has 0 bridgehead atoms. The highest BCUT2D eigenvalue weighted by atomic mass is 32.1. The van der Waals surface area contributed by atoms with Crippen molar-refractivity contribution < 1.29 is 22.7 Å². The van der Waals surface area contributed by atoms with Crippen LogP contribution in [-0.2, 0) is 6.18 Å². The first-order chi connectivity index (χ1) is 19.5. The van der Waals surface area contributed by atoms with Gasteiger partial charge in [0, 0.05) is 35.5 Å². The summed E-state index contributed by atoms with van der Waals surface area (Å²) >= 11 is 1.42. The minimum atomic E-state index is -4.55. The second kappa shape index (κ2) is 11.4. The Morgan fingerprint density at radius 2 is 1.88 bits per heavy atom. The lowest BCUT2D eigenvalue weighted by Crippen LogP contribution is -2.40. The summed E-state index contributed by atoms with van der Waals surface area (Å²) in [6.45, 7) is 6.14. The lowest BCUT2D eigenvalue weighted by Gasteiger charge is -2.32. The number of nitrogens with zero attached hydrogens (tertiary/aromatic N) is 5. The van der Waals surface area contributed by atoms with Crippen LogP contribution in [0.15, 0.2) is 42.5 Å². The van der Waals surface area contributed by atoms with Gasteiger partial charge in [-0.3, -0.25) is 4.79 Å². The van der Waals surface area contributed by atoms with Gasteiger partial charge in [-0.15, -0.1) is 0 Å². The number of likely N-dealkylation sites (tertiary alicyclic amines) is 1. The molecule has 218 valence electrons. The fourth-order valence-corrected chi connectivity index (χ4v) is 6.42. The molecule has 2 aromatic carbocycles. The molecule has 0 unspecified atom stereocenters. The predicted octanol–water partition coefficient (Wildman–Crippen LogP) is 6.71. The maximum Gasteiger partial charge on any atom is 0.416 e. The number of piperidine rings is 1. The zero-order chi connectivity index (χ0) is 29.5. The van der Waals surface area contributed by atoms with Crippen LogP contribution < -0.4 is 4.74 Å². The van der Waals surface area contributed by atoms with E-state index in [1.807, 2.05) is 38.4 Å². The standard InChI is InChI=1S/C30H34F3N5O2S/c1-18(2)27-25(20-7-6-8-22(15-20)40-5)34-29(41-27)38-24-10-9-21(30(31,32)33)16-23(24)26(35-38)28(39)37-13-11-19(12-14-37)17-36(3)4/h6-10,15-16,18-19H,11-14,17H2,1-5H3. The van der Waals surface area contributed by atoms with Gasteiger partial charge >= 0.3 is 6.18 Å². The minimum Gasteiger partial charge on any atom is -0.497 e. The van der Waals surface area contributed by atoms with E-state index in [1.54, 1.807) is 12.0 Å². The Labute approximate surface area is 241 Å². The molecule has 0 spiro atoms. The highest BCUT2D eigenvalue weighted by Gasteiger charge is 2.33. The second-order valence-corrected chi connectivity index (χ2v) is 12.1. The summed E-state index contributed by atoms with van der Waals surface area (Å²) in [6.07, 6.45) is -2.87. The normalized spacial score (nSPS) is 14.9. The van der Waals surface area contributed by atoms with E-state index in [2.05, 4.69) is 23.8 Å². The van der Waals surface area contributed by atoms with E-state index in [0.29, 0.717) is 35.4 Å². The van der Waals surface area contributed by atoms with E-state index < -0.39 is 11.7 Å². The predicted molar refractivity (Wildman–Crippen MR) is 155 cm³/mol. The van der Waals surface area contributed by atoms with Crippen molar-refractivity contribution in [3.05, 3.63) is 58.6 Å². The van der Waals surface area contributed by atoms with Crippen LogP contribution in [0, 0.1) is 5.92 Å². The monoisotopic (exact) mass is 585 g/mol. The number of fused-ring (bicyclic) bond motifs is 1. The molecule has 3 heterocycles. The first-order valence-electron chi connectivity index (χ1n) is 13.7. The Hall–Kier alpha value is -3.44. The Balaban J connectivity index is 1.59. The van der Waals surface area contributed by atoms with Crippen LogP contribution in [0.4, 0.5) is 13.2 Å². The van der Waals surface area contributed by atoms with Crippen LogP contribution in [0.5, 0.6) is 5.75 Å². The van der Waals surface area contributed by atoms with E-state index in [1.165, 1.54) is 22.1 Å². The summed E-state index contributed by atoms with van der Waals surface area (Å²) in [5.41, 5.74) is 1.22. The highest BCUT2D eigenvalue weighted by Crippen LogP contribution is 2.39. The molecule has 0 saturated carbocycles. The first-order valence-corrected chi connectivity index (χ1v) is 14.5. The highest BCUT2D eigenvalue weighted by molar-refractivity contribution is 7.14. The maximum atomic E-state index is 13.7. The average molecular weight is 586 g/mol. The zero-order valence-electron chi connectivity index (χ0n) is 23.8. The third-order valence-corrected chi connectivity index (χ3v) is 8.76. The van der Waals surface area contributed by atoms with Crippen LogP contribution in [0.25, 0.3) is 27.3 Å². The van der Waals surface area contributed by atoms with Gasteiger partial charge in [-0.05, 0) is 69.1 Å². The number of methoxy groups -OCH3 is 1.